The second-order valence-electron chi connectivity index (χ2n) is 6.45. The summed E-state index contributed by atoms with van der Waals surface area (Å²) in [6, 6.07) is 13.2. The standard InChI is InChI=1S/C22H23FN4O/c23-20-5-1-4-19(15-20)21(26-13-9-18-3-2-10-25-16-18)22(28)27-14-8-17-6-11-24-12-7-17/h1-7,10-12,15-16,21,26H,8-9,13-14H2,(H,27,28). The molecule has 6 heteroatoms. The molecule has 28 heavy (non-hydrogen) atoms. The molecular formula is C22H23FN4O. The Morgan fingerprint density at radius 1 is 0.929 bits per heavy atom. The summed E-state index contributed by atoms with van der Waals surface area (Å²) in [4.78, 5) is 20.8. The molecule has 0 aliphatic rings. The first-order chi connectivity index (χ1) is 13.7. The second kappa shape index (κ2) is 10.3. The summed E-state index contributed by atoms with van der Waals surface area (Å²) >= 11 is 0. The van der Waals surface area contributed by atoms with Gasteiger partial charge in [0.15, 0.2) is 0 Å². The van der Waals surface area contributed by atoms with E-state index in [2.05, 4.69) is 20.6 Å². The molecule has 0 fully saturated rings. The molecule has 3 aromatic rings. The third-order valence-electron chi connectivity index (χ3n) is 4.39. The maximum absolute atomic E-state index is 13.7. The minimum atomic E-state index is -0.621. The Morgan fingerprint density at radius 2 is 1.75 bits per heavy atom. The van der Waals surface area contributed by atoms with Crippen molar-refractivity contribution in [1.82, 2.24) is 20.6 Å². The van der Waals surface area contributed by atoms with E-state index in [1.54, 1.807) is 36.9 Å². The van der Waals surface area contributed by atoms with Gasteiger partial charge in [-0.2, -0.15) is 0 Å². The van der Waals surface area contributed by atoms with Crippen molar-refractivity contribution in [3.05, 3.63) is 95.8 Å². The number of nitrogens with zero attached hydrogens (tertiary/aromatic N) is 2. The van der Waals surface area contributed by atoms with Crippen LogP contribution >= 0.6 is 0 Å². The van der Waals surface area contributed by atoms with Crippen LogP contribution in [0.3, 0.4) is 0 Å². The third-order valence-corrected chi connectivity index (χ3v) is 4.39. The van der Waals surface area contributed by atoms with Crippen LogP contribution < -0.4 is 10.6 Å². The number of hydrogen-bond donors (Lipinski definition) is 2. The molecule has 2 aromatic heterocycles. The van der Waals surface area contributed by atoms with Gasteiger partial charge in [0.25, 0.3) is 0 Å². The molecule has 5 nitrogen and oxygen atoms in total. The molecular weight excluding hydrogens is 355 g/mol. The van der Waals surface area contributed by atoms with Crippen LogP contribution in [0.4, 0.5) is 4.39 Å². The van der Waals surface area contributed by atoms with Gasteiger partial charge in [-0.05, 0) is 59.9 Å². The molecule has 0 bridgehead atoms. The molecule has 1 atom stereocenters. The maximum atomic E-state index is 13.7. The summed E-state index contributed by atoms with van der Waals surface area (Å²) in [7, 11) is 0. The van der Waals surface area contributed by atoms with Gasteiger partial charge in [-0.1, -0.05) is 18.2 Å². The molecule has 1 aromatic carbocycles. The number of benzene rings is 1. The summed E-state index contributed by atoms with van der Waals surface area (Å²) < 4.78 is 13.7. The summed E-state index contributed by atoms with van der Waals surface area (Å²) in [6.45, 7) is 1.07. The minimum absolute atomic E-state index is 0.175. The number of rotatable bonds is 9. The lowest BCUT2D eigenvalue weighted by molar-refractivity contribution is -0.123. The van der Waals surface area contributed by atoms with Crippen molar-refractivity contribution in [1.29, 1.82) is 0 Å². The lowest BCUT2D eigenvalue weighted by Gasteiger charge is -2.19. The Balaban J connectivity index is 1.60. The largest absolute Gasteiger partial charge is 0.354 e. The highest BCUT2D eigenvalue weighted by molar-refractivity contribution is 5.83. The van der Waals surface area contributed by atoms with Gasteiger partial charge in [0.05, 0.1) is 0 Å². The van der Waals surface area contributed by atoms with Crippen LogP contribution in [0.25, 0.3) is 0 Å². The summed E-state index contributed by atoms with van der Waals surface area (Å²) in [5.74, 6) is -0.535. The second-order valence-corrected chi connectivity index (χ2v) is 6.45. The van der Waals surface area contributed by atoms with Crippen LogP contribution in [0.15, 0.2) is 73.3 Å². The Bertz CT molecular complexity index is 874. The average molecular weight is 378 g/mol. The van der Waals surface area contributed by atoms with Gasteiger partial charge in [0.1, 0.15) is 11.9 Å². The summed E-state index contributed by atoms with van der Waals surface area (Å²) in [5, 5.41) is 6.18. The number of halogens is 1. The topological polar surface area (TPSA) is 66.9 Å². The number of carbonyl (C=O) groups is 1. The molecule has 1 amide bonds. The number of carbonyl (C=O) groups excluding carboxylic acids is 1. The van der Waals surface area contributed by atoms with Gasteiger partial charge in [-0.15, -0.1) is 0 Å². The molecule has 0 radical (unpaired) electrons. The molecule has 1 unspecified atom stereocenters. The maximum Gasteiger partial charge on any atom is 0.241 e. The molecule has 0 saturated carbocycles. The summed E-state index contributed by atoms with van der Waals surface area (Å²) in [5.41, 5.74) is 2.78. The molecule has 0 saturated heterocycles. The molecule has 0 spiro atoms. The van der Waals surface area contributed by atoms with Crippen LogP contribution in [0.2, 0.25) is 0 Å². The van der Waals surface area contributed by atoms with E-state index in [4.69, 9.17) is 0 Å². The highest BCUT2D eigenvalue weighted by atomic mass is 19.1. The highest BCUT2D eigenvalue weighted by Crippen LogP contribution is 2.15. The SMILES string of the molecule is O=C(NCCc1ccncc1)C(NCCc1cccnc1)c1cccc(F)c1. The van der Waals surface area contributed by atoms with Crippen LogP contribution in [0.5, 0.6) is 0 Å². The molecule has 2 N–H and O–H groups in total. The van der Waals surface area contributed by atoms with E-state index in [0.717, 1.165) is 17.5 Å². The van der Waals surface area contributed by atoms with Crippen molar-refractivity contribution in [3.8, 4) is 0 Å². The zero-order valence-electron chi connectivity index (χ0n) is 15.5. The Hall–Kier alpha value is -3.12. The van der Waals surface area contributed by atoms with Crippen LogP contribution in [-0.4, -0.2) is 29.0 Å². The van der Waals surface area contributed by atoms with E-state index < -0.39 is 6.04 Å². The van der Waals surface area contributed by atoms with Gasteiger partial charge in [-0.3, -0.25) is 14.8 Å². The van der Waals surface area contributed by atoms with Gasteiger partial charge < -0.3 is 10.6 Å². The fourth-order valence-corrected chi connectivity index (χ4v) is 2.94. The first kappa shape index (κ1) is 19.6. The monoisotopic (exact) mass is 378 g/mol. The Morgan fingerprint density at radius 3 is 2.50 bits per heavy atom. The van der Waals surface area contributed by atoms with Gasteiger partial charge in [0, 0.05) is 37.9 Å². The minimum Gasteiger partial charge on any atom is -0.354 e. The molecule has 2 heterocycles. The van der Waals surface area contributed by atoms with Gasteiger partial charge in [-0.25, -0.2) is 4.39 Å². The van der Waals surface area contributed by atoms with E-state index in [9.17, 15) is 9.18 Å². The van der Waals surface area contributed by atoms with E-state index >= 15 is 0 Å². The first-order valence-electron chi connectivity index (χ1n) is 9.27. The van der Waals surface area contributed by atoms with E-state index in [1.165, 1.54) is 12.1 Å². The Labute approximate surface area is 164 Å². The molecule has 3 rings (SSSR count). The quantitative estimate of drug-likeness (QED) is 0.601. The van der Waals surface area contributed by atoms with Crippen molar-refractivity contribution in [2.75, 3.05) is 13.1 Å². The smallest absolute Gasteiger partial charge is 0.241 e. The number of hydrogen-bond acceptors (Lipinski definition) is 4. The predicted molar refractivity (Wildman–Crippen MR) is 106 cm³/mol. The van der Waals surface area contributed by atoms with Crippen molar-refractivity contribution in [2.24, 2.45) is 0 Å². The van der Waals surface area contributed by atoms with Gasteiger partial charge in [0.2, 0.25) is 5.91 Å². The van der Waals surface area contributed by atoms with Crippen molar-refractivity contribution in [3.63, 3.8) is 0 Å². The normalized spacial score (nSPS) is 11.8. The highest BCUT2D eigenvalue weighted by Gasteiger charge is 2.20. The molecule has 0 aliphatic heterocycles. The van der Waals surface area contributed by atoms with E-state index in [0.29, 0.717) is 25.1 Å². The van der Waals surface area contributed by atoms with Crippen molar-refractivity contribution >= 4 is 5.91 Å². The van der Waals surface area contributed by atoms with Crippen LogP contribution in [-0.2, 0) is 17.6 Å². The number of nitrogens with one attached hydrogen (secondary N) is 2. The number of pyridine rings is 2. The summed E-state index contributed by atoms with van der Waals surface area (Å²) in [6.07, 6.45) is 8.42. The zero-order valence-corrected chi connectivity index (χ0v) is 15.5. The fraction of sp³-hybridized carbons (Fsp3) is 0.227. The Kier molecular flexibility index (Phi) is 7.21. The van der Waals surface area contributed by atoms with Crippen LogP contribution in [0, 0.1) is 5.82 Å². The number of aromatic nitrogens is 2. The average Bonchev–Trinajstić information content (AvgIpc) is 2.72. The fourth-order valence-electron chi connectivity index (χ4n) is 2.94. The van der Waals surface area contributed by atoms with Crippen molar-refractivity contribution < 1.29 is 9.18 Å². The molecule has 0 aliphatic carbocycles. The van der Waals surface area contributed by atoms with Crippen LogP contribution in [0.1, 0.15) is 22.7 Å². The van der Waals surface area contributed by atoms with E-state index in [-0.39, 0.29) is 11.7 Å². The van der Waals surface area contributed by atoms with Crippen molar-refractivity contribution in [2.45, 2.75) is 18.9 Å². The van der Waals surface area contributed by atoms with Gasteiger partial charge >= 0.3 is 0 Å². The predicted octanol–water partition coefficient (Wildman–Crippen LogP) is 2.85. The first-order valence-corrected chi connectivity index (χ1v) is 9.27. The van der Waals surface area contributed by atoms with E-state index in [1.807, 2.05) is 24.3 Å². The third kappa shape index (κ3) is 5.96. The lowest BCUT2D eigenvalue weighted by atomic mass is 10.1. The lowest BCUT2D eigenvalue weighted by Crippen LogP contribution is -2.39. The molecule has 144 valence electrons. The zero-order chi connectivity index (χ0) is 19.6. The number of amides is 1.